The van der Waals surface area contributed by atoms with Crippen molar-refractivity contribution in [1.29, 1.82) is 5.26 Å². The Morgan fingerprint density at radius 2 is 1.54 bits per heavy atom. The Balaban J connectivity index is 1.12. The number of hydrogen-bond donors (Lipinski definition) is 0. The van der Waals surface area contributed by atoms with Crippen LogP contribution in [0.2, 0.25) is 0 Å². The molecule has 0 spiro atoms. The summed E-state index contributed by atoms with van der Waals surface area (Å²) in [4.78, 5) is 39.3. The van der Waals surface area contributed by atoms with E-state index >= 15 is 0 Å². The number of esters is 2. The van der Waals surface area contributed by atoms with Crippen molar-refractivity contribution in [2.24, 2.45) is 5.92 Å². The molecule has 0 saturated carbocycles. The van der Waals surface area contributed by atoms with Gasteiger partial charge in [-0.3, -0.25) is 9.59 Å². The number of nitrogens with zero attached hydrogens (tertiary/aromatic N) is 2. The maximum absolute atomic E-state index is 13.5. The fourth-order valence-corrected chi connectivity index (χ4v) is 5.71. The molecular weight excluding hydrogens is 608 g/mol. The number of benzene rings is 4. The monoisotopic (exact) mass is 646 g/mol. The Kier molecular flexibility index (Phi) is 11.4. The number of piperidine rings is 1. The SMILES string of the molecule is COC(=O)c1ccc(OCCCc2ccc(OCc3ccc(-c4ccccc4C#N)cc3)cc2)c(C(=O)N2CCC(C(=O)OC)CC2)c1. The zero-order valence-electron chi connectivity index (χ0n) is 27.1. The second-order valence-corrected chi connectivity index (χ2v) is 11.5. The lowest BCUT2D eigenvalue weighted by Crippen LogP contribution is -2.40. The first-order valence-corrected chi connectivity index (χ1v) is 15.9. The molecule has 0 aromatic heterocycles. The van der Waals surface area contributed by atoms with Crippen LogP contribution in [0.25, 0.3) is 11.1 Å². The minimum Gasteiger partial charge on any atom is -0.493 e. The molecule has 1 aliphatic heterocycles. The van der Waals surface area contributed by atoms with E-state index in [1.807, 2.05) is 72.8 Å². The molecule has 0 atom stereocenters. The highest BCUT2D eigenvalue weighted by Crippen LogP contribution is 2.27. The summed E-state index contributed by atoms with van der Waals surface area (Å²) in [6, 6.07) is 30.5. The first-order chi connectivity index (χ1) is 23.4. The number of likely N-dealkylation sites (tertiary alicyclic amines) is 1. The second-order valence-electron chi connectivity index (χ2n) is 11.5. The Labute approximate surface area is 280 Å². The summed E-state index contributed by atoms with van der Waals surface area (Å²) >= 11 is 0. The summed E-state index contributed by atoms with van der Waals surface area (Å²) < 4.78 is 21.8. The number of carbonyl (C=O) groups excluding carboxylic acids is 3. The van der Waals surface area contributed by atoms with Crippen molar-refractivity contribution in [2.45, 2.75) is 32.3 Å². The Morgan fingerprint density at radius 3 is 2.23 bits per heavy atom. The smallest absolute Gasteiger partial charge is 0.337 e. The predicted molar refractivity (Wildman–Crippen MR) is 180 cm³/mol. The summed E-state index contributed by atoms with van der Waals surface area (Å²) in [7, 11) is 2.66. The number of methoxy groups -OCH3 is 2. The average Bonchev–Trinajstić information content (AvgIpc) is 3.15. The van der Waals surface area contributed by atoms with Gasteiger partial charge in [0.1, 0.15) is 18.1 Å². The van der Waals surface area contributed by atoms with Gasteiger partial charge in [0.25, 0.3) is 5.91 Å². The van der Waals surface area contributed by atoms with Crippen LogP contribution in [0.15, 0.2) is 91.0 Å². The Hall–Kier alpha value is -5.62. The van der Waals surface area contributed by atoms with E-state index in [0.29, 0.717) is 56.9 Å². The topological polar surface area (TPSA) is 115 Å². The van der Waals surface area contributed by atoms with Gasteiger partial charge in [-0.15, -0.1) is 0 Å². The molecular formula is C39H38N2O7. The molecule has 4 aromatic rings. The Bertz CT molecular complexity index is 1770. The molecule has 0 unspecified atom stereocenters. The van der Waals surface area contributed by atoms with Crippen LogP contribution < -0.4 is 9.47 Å². The van der Waals surface area contributed by atoms with Gasteiger partial charge < -0.3 is 23.8 Å². The highest BCUT2D eigenvalue weighted by molar-refractivity contribution is 6.00. The van der Waals surface area contributed by atoms with Gasteiger partial charge in [0.15, 0.2) is 0 Å². The molecule has 9 nitrogen and oxygen atoms in total. The van der Waals surface area contributed by atoms with Crippen LogP contribution >= 0.6 is 0 Å². The van der Waals surface area contributed by atoms with Gasteiger partial charge in [0.05, 0.1) is 49.5 Å². The molecule has 1 saturated heterocycles. The molecule has 0 N–H and O–H groups in total. The lowest BCUT2D eigenvalue weighted by Gasteiger charge is -2.31. The molecule has 1 fully saturated rings. The van der Waals surface area contributed by atoms with Crippen LogP contribution in [-0.2, 0) is 27.3 Å². The molecule has 5 rings (SSSR count). The van der Waals surface area contributed by atoms with Gasteiger partial charge in [-0.05, 0) is 84.3 Å². The third-order valence-corrected chi connectivity index (χ3v) is 8.46. The van der Waals surface area contributed by atoms with Gasteiger partial charge >= 0.3 is 11.9 Å². The van der Waals surface area contributed by atoms with Crippen molar-refractivity contribution in [2.75, 3.05) is 33.9 Å². The summed E-state index contributed by atoms with van der Waals surface area (Å²) in [6.07, 6.45) is 2.50. The highest BCUT2D eigenvalue weighted by atomic mass is 16.5. The average molecular weight is 647 g/mol. The van der Waals surface area contributed by atoms with Crippen LogP contribution in [0.1, 0.15) is 56.7 Å². The summed E-state index contributed by atoms with van der Waals surface area (Å²) in [5.41, 5.74) is 5.24. The van der Waals surface area contributed by atoms with E-state index in [-0.39, 0.29) is 28.9 Å². The van der Waals surface area contributed by atoms with Gasteiger partial charge in [0.2, 0.25) is 0 Å². The molecule has 9 heteroatoms. The fraction of sp³-hybridized carbons (Fsp3) is 0.282. The number of nitriles is 1. The summed E-state index contributed by atoms with van der Waals surface area (Å²) in [5.74, 6) is -0.122. The van der Waals surface area contributed by atoms with Crippen LogP contribution in [0.3, 0.4) is 0 Å². The fourth-order valence-electron chi connectivity index (χ4n) is 5.71. The minimum atomic E-state index is -0.538. The molecule has 0 aliphatic carbocycles. The molecule has 246 valence electrons. The third kappa shape index (κ3) is 8.39. The van der Waals surface area contributed by atoms with Crippen LogP contribution in [0.5, 0.6) is 11.5 Å². The van der Waals surface area contributed by atoms with E-state index in [1.54, 1.807) is 17.0 Å². The number of amides is 1. The molecule has 1 heterocycles. The first-order valence-electron chi connectivity index (χ1n) is 15.9. The molecule has 0 bridgehead atoms. The van der Waals surface area contributed by atoms with Crippen LogP contribution in [0, 0.1) is 17.2 Å². The van der Waals surface area contributed by atoms with Crippen molar-refractivity contribution in [3.05, 3.63) is 119 Å². The van der Waals surface area contributed by atoms with Gasteiger partial charge in [-0.2, -0.15) is 5.26 Å². The second kappa shape index (κ2) is 16.3. The molecule has 1 amide bonds. The van der Waals surface area contributed by atoms with E-state index in [1.165, 1.54) is 20.3 Å². The number of carbonyl (C=O) groups is 3. The van der Waals surface area contributed by atoms with Crippen molar-refractivity contribution in [1.82, 2.24) is 4.90 Å². The third-order valence-electron chi connectivity index (χ3n) is 8.46. The maximum atomic E-state index is 13.5. The zero-order chi connectivity index (χ0) is 33.9. The van der Waals surface area contributed by atoms with Crippen molar-refractivity contribution >= 4 is 17.8 Å². The highest BCUT2D eigenvalue weighted by Gasteiger charge is 2.30. The maximum Gasteiger partial charge on any atom is 0.337 e. The normalized spacial score (nSPS) is 12.9. The van der Waals surface area contributed by atoms with Crippen molar-refractivity contribution in [3.8, 4) is 28.7 Å². The predicted octanol–water partition coefficient (Wildman–Crippen LogP) is 6.63. The van der Waals surface area contributed by atoms with Gasteiger partial charge in [-0.25, -0.2) is 4.79 Å². The van der Waals surface area contributed by atoms with Crippen molar-refractivity contribution < 1.29 is 33.3 Å². The lowest BCUT2D eigenvalue weighted by molar-refractivity contribution is -0.146. The minimum absolute atomic E-state index is 0.227. The van der Waals surface area contributed by atoms with E-state index in [9.17, 15) is 19.6 Å². The van der Waals surface area contributed by atoms with E-state index < -0.39 is 5.97 Å². The largest absolute Gasteiger partial charge is 0.493 e. The quantitative estimate of drug-likeness (QED) is 0.125. The van der Waals surface area contributed by atoms with Gasteiger partial charge in [-0.1, -0.05) is 54.6 Å². The molecule has 4 aromatic carbocycles. The first kappa shape index (κ1) is 33.7. The number of rotatable bonds is 12. The van der Waals surface area contributed by atoms with E-state index in [4.69, 9.17) is 18.9 Å². The summed E-state index contributed by atoms with van der Waals surface area (Å²) in [6.45, 7) is 1.61. The molecule has 1 aliphatic rings. The number of aryl methyl sites for hydroxylation is 1. The lowest BCUT2D eigenvalue weighted by atomic mass is 9.96. The van der Waals surface area contributed by atoms with Crippen molar-refractivity contribution in [3.63, 3.8) is 0 Å². The molecule has 0 radical (unpaired) electrons. The van der Waals surface area contributed by atoms with Gasteiger partial charge in [0, 0.05) is 13.1 Å². The van der Waals surface area contributed by atoms with E-state index in [0.717, 1.165) is 34.4 Å². The number of hydrogen-bond acceptors (Lipinski definition) is 8. The summed E-state index contributed by atoms with van der Waals surface area (Å²) in [5, 5.41) is 9.38. The van der Waals surface area contributed by atoms with E-state index in [2.05, 4.69) is 6.07 Å². The zero-order valence-corrected chi connectivity index (χ0v) is 27.1. The number of ether oxygens (including phenoxy) is 4. The standard InChI is InChI=1S/C39H38N2O7/c1-45-38(43)30-19-21-41(22-20-30)37(42)35-24-31(39(44)46-2)15-18-36(35)47-23-5-6-27-11-16-33(17-12-27)48-26-28-9-13-29(14-10-28)34-8-4-3-7-32(34)25-40/h3-4,7-18,24,30H,5-6,19-23,26H2,1-2H3. The van der Waals surface area contributed by atoms with Crippen LogP contribution in [-0.4, -0.2) is 56.7 Å². The van der Waals surface area contributed by atoms with Crippen LogP contribution in [0.4, 0.5) is 0 Å². The molecule has 48 heavy (non-hydrogen) atoms. The Morgan fingerprint density at radius 1 is 0.833 bits per heavy atom.